The van der Waals surface area contributed by atoms with Gasteiger partial charge in [-0.05, 0) is 31.5 Å². The molecule has 0 aromatic heterocycles. The smallest absolute Gasteiger partial charge is 0.435 e. The van der Waals surface area contributed by atoms with Crippen molar-refractivity contribution in [3.8, 4) is 5.75 Å². The van der Waals surface area contributed by atoms with Gasteiger partial charge in [0.05, 0.1) is 5.69 Å². The largest absolute Gasteiger partial charge is 0.478 e. The SMILES string of the molecule is C=C(C)C(=O)O[C@@]1(C(F)(F)F)Oc2cc(C)ccc2NC1=O. The summed E-state index contributed by atoms with van der Waals surface area (Å²) >= 11 is 0. The molecule has 1 aliphatic heterocycles. The molecule has 8 heteroatoms. The van der Waals surface area contributed by atoms with Crippen molar-refractivity contribution in [2.24, 2.45) is 0 Å². The zero-order valence-electron chi connectivity index (χ0n) is 11.7. The molecule has 0 saturated carbocycles. The topological polar surface area (TPSA) is 64.6 Å². The van der Waals surface area contributed by atoms with Gasteiger partial charge in [-0.2, -0.15) is 13.2 Å². The van der Waals surface area contributed by atoms with E-state index < -0.39 is 23.8 Å². The fourth-order valence-corrected chi connectivity index (χ4v) is 1.75. The fourth-order valence-electron chi connectivity index (χ4n) is 1.75. The van der Waals surface area contributed by atoms with Crippen LogP contribution >= 0.6 is 0 Å². The summed E-state index contributed by atoms with van der Waals surface area (Å²) in [6, 6.07) is 4.27. The van der Waals surface area contributed by atoms with Crippen molar-refractivity contribution in [3.05, 3.63) is 35.9 Å². The van der Waals surface area contributed by atoms with Crippen molar-refractivity contribution in [1.29, 1.82) is 0 Å². The quantitative estimate of drug-likeness (QED) is 0.673. The number of aryl methyl sites for hydroxylation is 1. The van der Waals surface area contributed by atoms with E-state index in [4.69, 9.17) is 4.74 Å². The second kappa shape index (κ2) is 5.04. The Kier molecular flexibility index (Phi) is 3.64. The first kappa shape index (κ1) is 15.9. The number of carbonyl (C=O) groups is 2. The molecule has 1 N–H and O–H groups in total. The molecule has 0 saturated heterocycles. The van der Waals surface area contributed by atoms with Gasteiger partial charge in [0.25, 0.3) is 0 Å². The Morgan fingerprint density at radius 3 is 2.59 bits per heavy atom. The van der Waals surface area contributed by atoms with E-state index in [1.54, 1.807) is 13.0 Å². The molecule has 5 nitrogen and oxygen atoms in total. The first-order chi connectivity index (χ1) is 10.1. The molecule has 118 valence electrons. The van der Waals surface area contributed by atoms with Crippen LogP contribution in [-0.4, -0.2) is 23.8 Å². The van der Waals surface area contributed by atoms with Crippen molar-refractivity contribution in [1.82, 2.24) is 0 Å². The standard InChI is InChI=1S/C14H12F3NO4/c1-7(2)11(19)22-13(14(15,16)17)12(20)18-9-5-4-8(3)6-10(9)21-13/h4-6H,1H2,2-3H3,(H,18,20)/t13-/m0/s1. The van der Waals surface area contributed by atoms with Gasteiger partial charge < -0.3 is 14.8 Å². The molecule has 1 aromatic rings. The zero-order chi connectivity index (χ0) is 16.7. The highest BCUT2D eigenvalue weighted by molar-refractivity contribution is 6.02. The van der Waals surface area contributed by atoms with Crippen molar-refractivity contribution in [2.45, 2.75) is 25.8 Å². The number of fused-ring (bicyclic) bond motifs is 1. The van der Waals surface area contributed by atoms with Crippen LogP contribution in [0.5, 0.6) is 5.75 Å². The molecule has 22 heavy (non-hydrogen) atoms. The molecule has 1 atom stereocenters. The van der Waals surface area contributed by atoms with E-state index in [0.29, 0.717) is 5.56 Å². The first-order valence-electron chi connectivity index (χ1n) is 6.13. The van der Waals surface area contributed by atoms with Crippen molar-refractivity contribution >= 4 is 17.6 Å². The summed E-state index contributed by atoms with van der Waals surface area (Å²) in [7, 11) is 0. The van der Waals surface area contributed by atoms with E-state index in [0.717, 1.165) is 6.92 Å². The van der Waals surface area contributed by atoms with Crippen molar-refractivity contribution < 1.29 is 32.2 Å². The normalized spacial score (nSPS) is 20.5. The molecular weight excluding hydrogens is 303 g/mol. The van der Waals surface area contributed by atoms with Gasteiger partial charge in [0, 0.05) is 5.57 Å². The summed E-state index contributed by atoms with van der Waals surface area (Å²) in [4.78, 5) is 23.4. The maximum absolute atomic E-state index is 13.4. The Hall–Kier alpha value is -2.51. The molecule has 0 fully saturated rings. The summed E-state index contributed by atoms with van der Waals surface area (Å²) in [5.74, 6) is -7.01. The Morgan fingerprint density at radius 2 is 2.05 bits per heavy atom. The lowest BCUT2D eigenvalue weighted by molar-refractivity contribution is -0.319. The van der Waals surface area contributed by atoms with Gasteiger partial charge >= 0.3 is 23.8 Å². The maximum Gasteiger partial charge on any atom is 0.478 e. The van der Waals surface area contributed by atoms with E-state index in [9.17, 15) is 22.8 Å². The number of halogens is 3. The molecular formula is C14H12F3NO4. The van der Waals surface area contributed by atoms with Gasteiger partial charge in [0.2, 0.25) is 0 Å². The molecule has 1 aromatic carbocycles. The van der Waals surface area contributed by atoms with E-state index in [1.807, 2.05) is 5.32 Å². The van der Waals surface area contributed by atoms with Gasteiger partial charge in [-0.1, -0.05) is 12.6 Å². The average molecular weight is 315 g/mol. The van der Waals surface area contributed by atoms with Crippen LogP contribution < -0.4 is 10.1 Å². The molecule has 1 aliphatic rings. The minimum absolute atomic E-state index is 0.0573. The van der Waals surface area contributed by atoms with Crippen LogP contribution in [0.4, 0.5) is 18.9 Å². The molecule has 2 rings (SSSR count). The van der Waals surface area contributed by atoms with Crippen LogP contribution in [0.15, 0.2) is 30.4 Å². The lowest BCUT2D eigenvalue weighted by atomic mass is 10.1. The number of nitrogens with one attached hydrogen (secondary N) is 1. The molecule has 0 bridgehead atoms. The van der Waals surface area contributed by atoms with Crippen LogP contribution in [0.25, 0.3) is 0 Å². The average Bonchev–Trinajstić information content (AvgIpc) is 2.38. The number of rotatable bonds is 2. The number of esters is 1. The summed E-state index contributed by atoms with van der Waals surface area (Å²) in [5.41, 5.74) is 0.370. The van der Waals surface area contributed by atoms with E-state index in [1.165, 1.54) is 12.1 Å². The Bertz CT molecular complexity index is 669. The van der Waals surface area contributed by atoms with Crippen LogP contribution in [0.2, 0.25) is 0 Å². The summed E-state index contributed by atoms with van der Waals surface area (Å²) in [5, 5.41) is 2.04. The first-order valence-corrected chi connectivity index (χ1v) is 6.13. The second-order valence-corrected chi connectivity index (χ2v) is 4.84. The molecule has 1 amide bonds. The molecule has 0 unspecified atom stereocenters. The van der Waals surface area contributed by atoms with Crippen molar-refractivity contribution in [3.63, 3.8) is 0 Å². The zero-order valence-corrected chi connectivity index (χ0v) is 11.7. The van der Waals surface area contributed by atoms with E-state index in [-0.39, 0.29) is 17.0 Å². The van der Waals surface area contributed by atoms with Crippen LogP contribution in [0.3, 0.4) is 0 Å². The highest BCUT2D eigenvalue weighted by Crippen LogP contribution is 2.43. The monoisotopic (exact) mass is 315 g/mol. The molecule has 0 radical (unpaired) electrons. The minimum Gasteiger partial charge on any atom is -0.435 e. The number of anilines is 1. The number of carbonyl (C=O) groups excluding carboxylic acids is 2. The molecule has 0 aliphatic carbocycles. The second-order valence-electron chi connectivity index (χ2n) is 4.84. The van der Waals surface area contributed by atoms with Crippen LogP contribution in [-0.2, 0) is 14.3 Å². The Labute approximate surface area is 123 Å². The maximum atomic E-state index is 13.4. The molecule has 0 spiro atoms. The van der Waals surface area contributed by atoms with Gasteiger partial charge in [-0.3, -0.25) is 4.79 Å². The number of ether oxygens (including phenoxy) is 2. The van der Waals surface area contributed by atoms with Gasteiger partial charge in [-0.25, -0.2) is 4.79 Å². The number of alkyl halides is 3. The van der Waals surface area contributed by atoms with Crippen LogP contribution in [0.1, 0.15) is 12.5 Å². The van der Waals surface area contributed by atoms with E-state index in [2.05, 4.69) is 11.3 Å². The molecule has 1 heterocycles. The highest BCUT2D eigenvalue weighted by atomic mass is 19.4. The Balaban J connectivity index is 2.52. The summed E-state index contributed by atoms with van der Waals surface area (Å²) < 4.78 is 49.2. The number of amides is 1. The predicted octanol–water partition coefficient (Wildman–Crippen LogP) is 2.70. The lowest BCUT2D eigenvalue weighted by Gasteiger charge is -2.37. The lowest BCUT2D eigenvalue weighted by Crippen LogP contribution is -2.63. The van der Waals surface area contributed by atoms with Gasteiger partial charge in [0.15, 0.2) is 0 Å². The third kappa shape index (κ3) is 2.51. The number of hydrogen-bond acceptors (Lipinski definition) is 4. The summed E-state index contributed by atoms with van der Waals surface area (Å²) in [6.45, 7) is 5.98. The third-order valence-electron chi connectivity index (χ3n) is 2.90. The number of hydrogen-bond donors (Lipinski definition) is 1. The fraction of sp³-hybridized carbons (Fsp3) is 0.286. The Morgan fingerprint density at radius 1 is 1.41 bits per heavy atom. The number of benzene rings is 1. The van der Waals surface area contributed by atoms with Crippen molar-refractivity contribution in [2.75, 3.05) is 5.32 Å². The predicted molar refractivity (Wildman–Crippen MR) is 70.1 cm³/mol. The third-order valence-corrected chi connectivity index (χ3v) is 2.90. The summed E-state index contributed by atoms with van der Waals surface area (Å²) in [6.07, 6.45) is -5.27. The van der Waals surface area contributed by atoms with E-state index >= 15 is 0 Å². The van der Waals surface area contributed by atoms with Crippen LogP contribution in [0, 0.1) is 6.92 Å². The highest BCUT2D eigenvalue weighted by Gasteiger charge is 2.69. The van der Waals surface area contributed by atoms with Gasteiger partial charge in [0.1, 0.15) is 5.75 Å². The van der Waals surface area contributed by atoms with Gasteiger partial charge in [-0.15, -0.1) is 0 Å². The minimum atomic E-state index is -5.27.